The van der Waals surface area contributed by atoms with Crippen molar-refractivity contribution in [3.8, 4) is 17.1 Å². The van der Waals surface area contributed by atoms with E-state index >= 15 is 0 Å². The van der Waals surface area contributed by atoms with Crippen molar-refractivity contribution < 1.29 is 0 Å². The van der Waals surface area contributed by atoms with E-state index in [-0.39, 0.29) is 12.4 Å². The summed E-state index contributed by atoms with van der Waals surface area (Å²) >= 11 is 0. The van der Waals surface area contributed by atoms with Crippen LogP contribution in [-0.4, -0.2) is 70.2 Å². The maximum atomic E-state index is 5.12. The second-order valence-corrected chi connectivity index (χ2v) is 11.5. The molecular formula is C35H42ClN7. The molecule has 0 unspecified atom stereocenters. The third kappa shape index (κ3) is 6.38. The topological polar surface area (TPSA) is 53.3 Å². The summed E-state index contributed by atoms with van der Waals surface area (Å²) in [7, 11) is 2.12. The quantitative estimate of drug-likeness (QED) is 0.172. The molecule has 0 saturated carbocycles. The molecule has 8 heteroatoms. The van der Waals surface area contributed by atoms with Crippen LogP contribution >= 0.6 is 12.4 Å². The Balaban J connectivity index is 0.00000368. The number of piperazine rings is 1. The average Bonchev–Trinajstić information content (AvgIpc) is 3.42. The van der Waals surface area contributed by atoms with Gasteiger partial charge < -0.3 is 9.80 Å². The first kappa shape index (κ1) is 30.5. The predicted octanol–water partition coefficient (Wildman–Crippen LogP) is 6.95. The first-order chi connectivity index (χ1) is 20.5. The minimum atomic E-state index is 0. The fourth-order valence-corrected chi connectivity index (χ4v) is 6.16. The smallest absolute Gasteiger partial charge is 0.170 e. The molecule has 3 heterocycles. The van der Waals surface area contributed by atoms with Gasteiger partial charge in [-0.3, -0.25) is 9.47 Å². The summed E-state index contributed by atoms with van der Waals surface area (Å²) in [4.78, 5) is 22.0. The van der Waals surface area contributed by atoms with Crippen LogP contribution in [0.4, 0.5) is 11.5 Å². The highest BCUT2D eigenvalue weighted by Crippen LogP contribution is 2.31. The minimum absolute atomic E-state index is 0. The second-order valence-electron chi connectivity index (χ2n) is 11.5. The van der Waals surface area contributed by atoms with Crippen molar-refractivity contribution in [2.24, 2.45) is 0 Å². The molecule has 3 aromatic carbocycles. The number of unbranched alkanes of at least 4 members (excludes halogenated alkanes) is 1. The molecule has 2 aromatic heterocycles. The van der Waals surface area contributed by atoms with Crippen LogP contribution in [0, 0.1) is 13.8 Å². The number of para-hydroxylation sites is 1. The normalized spacial score (nSPS) is 15.4. The van der Waals surface area contributed by atoms with Crippen molar-refractivity contribution in [3.05, 3.63) is 96.3 Å². The van der Waals surface area contributed by atoms with Crippen molar-refractivity contribution in [1.82, 2.24) is 24.4 Å². The van der Waals surface area contributed by atoms with Crippen LogP contribution in [0.1, 0.15) is 30.9 Å². The van der Waals surface area contributed by atoms with Crippen molar-refractivity contribution in [2.45, 2.75) is 39.7 Å². The molecule has 1 aliphatic heterocycles. The molecule has 1 saturated heterocycles. The van der Waals surface area contributed by atoms with E-state index in [1.807, 2.05) is 24.3 Å². The summed E-state index contributed by atoms with van der Waals surface area (Å²) in [5.41, 5.74) is 7.92. The Hall–Kier alpha value is -3.94. The summed E-state index contributed by atoms with van der Waals surface area (Å²) in [6.07, 6.45) is 3.91. The largest absolute Gasteiger partial charge is 0.368 e. The summed E-state index contributed by atoms with van der Waals surface area (Å²) < 4.78 is 2.14. The number of rotatable bonds is 9. The number of fused-ring (bicyclic) bond motifs is 1. The summed E-state index contributed by atoms with van der Waals surface area (Å²) in [5, 5.41) is 0. The van der Waals surface area contributed by atoms with Crippen LogP contribution in [0.25, 0.3) is 28.2 Å². The molecule has 1 fully saturated rings. The van der Waals surface area contributed by atoms with Crippen molar-refractivity contribution >= 4 is 35.1 Å². The zero-order chi connectivity index (χ0) is 29.1. The van der Waals surface area contributed by atoms with E-state index in [2.05, 4.69) is 102 Å². The Morgan fingerprint density at radius 3 is 2.35 bits per heavy atom. The van der Waals surface area contributed by atoms with E-state index in [1.165, 1.54) is 16.8 Å². The predicted molar refractivity (Wildman–Crippen MR) is 181 cm³/mol. The molecular weight excluding hydrogens is 554 g/mol. The van der Waals surface area contributed by atoms with Crippen LogP contribution in [0.3, 0.4) is 0 Å². The molecule has 0 N–H and O–H groups in total. The number of hydrogen-bond acceptors (Lipinski definition) is 6. The lowest BCUT2D eigenvalue weighted by atomic mass is 10.1. The maximum absolute atomic E-state index is 5.12. The SMILES string of the molecule is Cc1cccc(N2CCN(CCCCN(C)c3ncnc4c3nc(-c3ccccc3)n4-c3ccccc3)[C@@H](C)C2)c1C.Cl. The fraction of sp³-hybridized carbons (Fsp3) is 0.343. The van der Waals surface area contributed by atoms with Crippen molar-refractivity contribution in [1.29, 1.82) is 0 Å². The Bertz CT molecular complexity index is 1640. The Kier molecular flexibility index (Phi) is 9.63. The molecule has 0 radical (unpaired) electrons. The van der Waals surface area contributed by atoms with Crippen LogP contribution < -0.4 is 9.80 Å². The molecule has 0 aliphatic carbocycles. The number of halogens is 1. The maximum Gasteiger partial charge on any atom is 0.170 e. The van der Waals surface area contributed by atoms with Gasteiger partial charge in [0, 0.05) is 56.2 Å². The molecule has 0 amide bonds. The van der Waals surface area contributed by atoms with Gasteiger partial charge in [0.15, 0.2) is 17.0 Å². The third-order valence-corrected chi connectivity index (χ3v) is 8.70. The molecule has 1 aliphatic rings. The zero-order valence-electron chi connectivity index (χ0n) is 25.6. The van der Waals surface area contributed by atoms with Gasteiger partial charge in [0.1, 0.15) is 12.2 Å². The molecule has 1 atom stereocenters. The minimum Gasteiger partial charge on any atom is -0.368 e. The highest BCUT2D eigenvalue weighted by molar-refractivity contribution is 5.88. The Labute approximate surface area is 261 Å². The van der Waals surface area contributed by atoms with Gasteiger partial charge >= 0.3 is 0 Å². The van der Waals surface area contributed by atoms with Crippen molar-refractivity contribution in [2.75, 3.05) is 49.6 Å². The van der Waals surface area contributed by atoms with Gasteiger partial charge in [-0.2, -0.15) is 0 Å². The van der Waals surface area contributed by atoms with Crippen LogP contribution in [-0.2, 0) is 0 Å². The standard InChI is InChI=1S/C35H41N7.ClH/c1-26-14-13-19-31(28(26)3)41-23-22-40(27(2)24-41)21-12-11-20-39(4)34-32-35(37-25-36-34)42(30-17-9-6-10-18-30)33(38-32)29-15-7-5-8-16-29;/h5-10,13-19,25,27H,11-12,20-24H2,1-4H3;1H/t27-;/m0./s1. The van der Waals surface area contributed by atoms with Crippen molar-refractivity contribution in [3.63, 3.8) is 0 Å². The number of imidazole rings is 1. The molecule has 6 rings (SSSR count). The van der Waals surface area contributed by atoms with Crippen LogP contribution in [0.15, 0.2) is 85.2 Å². The first-order valence-corrected chi connectivity index (χ1v) is 15.1. The van der Waals surface area contributed by atoms with E-state index < -0.39 is 0 Å². The number of benzene rings is 3. The Morgan fingerprint density at radius 1 is 0.860 bits per heavy atom. The molecule has 0 spiro atoms. The molecule has 43 heavy (non-hydrogen) atoms. The average molecular weight is 596 g/mol. The summed E-state index contributed by atoms with van der Waals surface area (Å²) in [5.74, 6) is 1.75. The third-order valence-electron chi connectivity index (χ3n) is 8.70. The second kappa shape index (κ2) is 13.6. The van der Waals surface area contributed by atoms with E-state index in [0.717, 1.165) is 79.6 Å². The Morgan fingerprint density at radius 2 is 1.60 bits per heavy atom. The number of aryl methyl sites for hydroxylation is 1. The van der Waals surface area contributed by atoms with Gasteiger partial charge in [-0.05, 0) is 69.5 Å². The number of anilines is 2. The van der Waals surface area contributed by atoms with E-state index in [0.29, 0.717) is 6.04 Å². The van der Waals surface area contributed by atoms with Gasteiger partial charge in [-0.25, -0.2) is 15.0 Å². The summed E-state index contributed by atoms with van der Waals surface area (Å²) in [6, 6.07) is 27.9. The zero-order valence-corrected chi connectivity index (χ0v) is 26.5. The molecule has 5 aromatic rings. The molecule has 7 nitrogen and oxygen atoms in total. The first-order valence-electron chi connectivity index (χ1n) is 15.1. The lowest BCUT2D eigenvalue weighted by Gasteiger charge is -2.41. The van der Waals surface area contributed by atoms with E-state index in [4.69, 9.17) is 15.0 Å². The van der Waals surface area contributed by atoms with Gasteiger partial charge in [0.25, 0.3) is 0 Å². The lowest BCUT2D eigenvalue weighted by Crippen LogP contribution is -2.52. The number of nitrogens with zero attached hydrogens (tertiary/aromatic N) is 7. The number of aromatic nitrogens is 4. The highest BCUT2D eigenvalue weighted by Gasteiger charge is 2.25. The van der Waals surface area contributed by atoms with Gasteiger partial charge in [-0.15, -0.1) is 12.4 Å². The van der Waals surface area contributed by atoms with Gasteiger partial charge in [0.05, 0.1) is 0 Å². The number of hydrogen-bond donors (Lipinski definition) is 0. The molecule has 224 valence electrons. The lowest BCUT2D eigenvalue weighted by molar-refractivity contribution is 0.186. The van der Waals surface area contributed by atoms with Crippen LogP contribution in [0.2, 0.25) is 0 Å². The monoisotopic (exact) mass is 595 g/mol. The molecule has 0 bridgehead atoms. The van der Waals surface area contributed by atoms with E-state index in [9.17, 15) is 0 Å². The van der Waals surface area contributed by atoms with Gasteiger partial charge in [-0.1, -0.05) is 60.7 Å². The fourth-order valence-electron chi connectivity index (χ4n) is 6.16. The van der Waals surface area contributed by atoms with Crippen LogP contribution in [0.5, 0.6) is 0 Å². The highest BCUT2D eigenvalue weighted by atomic mass is 35.5. The summed E-state index contributed by atoms with van der Waals surface area (Å²) in [6.45, 7) is 12.1. The van der Waals surface area contributed by atoms with E-state index in [1.54, 1.807) is 6.33 Å². The van der Waals surface area contributed by atoms with Gasteiger partial charge in [0.2, 0.25) is 0 Å².